The number of unbranched alkanes of at least 4 members (excludes halogenated alkanes) is 7. The van der Waals surface area contributed by atoms with E-state index in [2.05, 4.69) is 0 Å². The van der Waals surface area contributed by atoms with Gasteiger partial charge in [-0.2, -0.15) is 0 Å². The normalized spacial score (nSPS) is 12.9. The molecule has 0 aliphatic heterocycles. The van der Waals surface area contributed by atoms with E-state index in [1.165, 1.54) is 6.42 Å². The van der Waals surface area contributed by atoms with Crippen molar-refractivity contribution in [1.29, 1.82) is 0 Å². The van der Waals surface area contributed by atoms with Crippen molar-refractivity contribution in [2.45, 2.75) is 82.8 Å². The number of aliphatic hydroxyl groups excluding tert-OH is 1. The minimum atomic E-state index is -4.11. The van der Waals surface area contributed by atoms with Crippen molar-refractivity contribution in [1.82, 2.24) is 0 Å². The Morgan fingerprint density at radius 1 is 0.900 bits per heavy atom. The Morgan fingerprint density at radius 2 is 1.35 bits per heavy atom. The molecule has 1 unspecified atom stereocenters. The van der Waals surface area contributed by atoms with Gasteiger partial charge in [0.05, 0.1) is 10.1 Å². The van der Waals surface area contributed by atoms with Gasteiger partial charge >= 0.3 is 51.4 Å². The fraction of sp³-hybridized carbons (Fsp3) is 1.00. The molecule has 0 fully saturated rings. The van der Waals surface area contributed by atoms with Crippen molar-refractivity contribution in [2.24, 2.45) is 0 Å². The van der Waals surface area contributed by atoms with Gasteiger partial charge in [-0.15, -0.1) is 0 Å². The van der Waals surface area contributed by atoms with E-state index in [1.807, 2.05) is 6.92 Å². The van der Waals surface area contributed by atoms with Gasteiger partial charge in [-0.1, -0.05) is 58.3 Å². The first kappa shape index (κ1) is 23.8. The molecule has 0 saturated heterocycles. The van der Waals surface area contributed by atoms with Crippen molar-refractivity contribution in [3.05, 3.63) is 0 Å². The van der Waals surface area contributed by atoms with Gasteiger partial charge in [0.1, 0.15) is 0 Å². The summed E-state index contributed by atoms with van der Waals surface area (Å²) in [6, 6.07) is 0. The summed E-state index contributed by atoms with van der Waals surface area (Å²) >= 11 is 0. The summed E-state index contributed by atoms with van der Waals surface area (Å²) in [5, 5.41) is 7.95. The maximum Gasteiger partial charge on any atom is 1.00 e. The van der Waals surface area contributed by atoms with Crippen LogP contribution in [0.3, 0.4) is 0 Å². The Hall–Kier alpha value is 1.51. The molecule has 20 heavy (non-hydrogen) atoms. The van der Waals surface area contributed by atoms with Crippen LogP contribution in [0.15, 0.2) is 0 Å². The Labute approximate surface area is 167 Å². The summed E-state index contributed by atoms with van der Waals surface area (Å²) < 4.78 is 33.0. The van der Waals surface area contributed by atoms with Crippen molar-refractivity contribution in [3.63, 3.8) is 0 Å². The molecule has 1 atom stereocenters. The van der Waals surface area contributed by atoms with Crippen LogP contribution in [0.4, 0.5) is 0 Å². The second kappa shape index (κ2) is 15.4. The van der Waals surface area contributed by atoms with Crippen LogP contribution < -0.4 is 51.4 Å². The standard InChI is InChI=1S/C14H30O4S.K/c1-2-11-14(19(16,17)18)12-9-7-5-3-4-6-8-10-13-15;/h14-15H,2-13H2,1H3,(H,16,17,18);/q;+1/p-1. The van der Waals surface area contributed by atoms with Crippen LogP contribution in [0, 0.1) is 0 Å². The first-order valence-corrected chi connectivity index (χ1v) is 9.05. The van der Waals surface area contributed by atoms with Crippen LogP contribution in [-0.2, 0) is 10.1 Å². The SMILES string of the molecule is CCCC(CCCCCCCCCCO)S(=O)(=O)[O-].[K+]. The Bertz CT molecular complexity index is 294. The largest absolute Gasteiger partial charge is 1.00 e. The van der Waals surface area contributed by atoms with E-state index in [0.29, 0.717) is 12.8 Å². The predicted molar refractivity (Wildman–Crippen MR) is 77.0 cm³/mol. The number of hydrogen-bond donors (Lipinski definition) is 1. The number of hydrogen-bond acceptors (Lipinski definition) is 4. The summed E-state index contributed by atoms with van der Waals surface area (Å²) in [7, 11) is -4.11. The summed E-state index contributed by atoms with van der Waals surface area (Å²) in [6.07, 6.45) is 10.2. The molecule has 0 heterocycles. The second-order valence-electron chi connectivity index (χ2n) is 5.24. The smallest absolute Gasteiger partial charge is 0.748 e. The van der Waals surface area contributed by atoms with Crippen molar-refractivity contribution < 1.29 is 69.5 Å². The summed E-state index contributed by atoms with van der Waals surface area (Å²) in [4.78, 5) is 0. The molecule has 0 bridgehead atoms. The molecule has 0 saturated carbocycles. The number of aliphatic hydroxyl groups is 1. The summed E-state index contributed by atoms with van der Waals surface area (Å²) in [5.74, 6) is 0. The molecule has 116 valence electrons. The van der Waals surface area contributed by atoms with Crippen molar-refractivity contribution in [3.8, 4) is 0 Å². The van der Waals surface area contributed by atoms with Crippen LogP contribution >= 0.6 is 0 Å². The summed E-state index contributed by atoms with van der Waals surface area (Å²) in [6.45, 7) is 2.19. The molecule has 4 nitrogen and oxygen atoms in total. The molecule has 0 rings (SSSR count). The molecule has 0 amide bonds. The van der Waals surface area contributed by atoms with Gasteiger partial charge < -0.3 is 9.66 Å². The fourth-order valence-electron chi connectivity index (χ4n) is 2.30. The third kappa shape index (κ3) is 14.4. The molecule has 1 N–H and O–H groups in total. The van der Waals surface area contributed by atoms with Gasteiger partial charge in [-0.3, -0.25) is 0 Å². The minimum absolute atomic E-state index is 0. The minimum Gasteiger partial charge on any atom is -0.748 e. The monoisotopic (exact) mass is 332 g/mol. The van der Waals surface area contributed by atoms with Gasteiger partial charge in [0.15, 0.2) is 0 Å². The van der Waals surface area contributed by atoms with E-state index in [4.69, 9.17) is 5.11 Å². The molecule has 0 spiro atoms. The maximum atomic E-state index is 11.0. The molecule has 0 aromatic carbocycles. The van der Waals surface area contributed by atoms with Crippen LogP contribution in [0.25, 0.3) is 0 Å². The zero-order valence-electron chi connectivity index (χ0n) is 13.1. The maximum absolute atomic E-state index is 11.0. The molecule has 0 aromatic heterocycles. The van der Waals surface area contributed by atoms with Gasteiger partial charge in [0.25, 0.3) is 0 Å². The van der Waals surface area contributed by atoms with Gasteiger partial charge in [0, 0.05) is 11.9 Å². The molecule has 6 heteroatoms. The predicted octanol–water partition coefficient (Wildman–Crippen LogP) is 0.208. The zero-order chi connectivity index (χ0) is 14.6. The fourth-order valence-corrected chi connectivity index (χ4v) is 3.28. The molecular weight excluding hydrogens is 303 g/mol. The van der Waals surface area contributed by atoms with Gasteiger partial charge in [-0.05, 0) is 19.3 Å². The van der Waals surface area contributed by atoms with E-state index in [9.17, 15) is 13.0 Å². The van der Waals surface area contributed by atoms with E-state index >= 15 is 0 Å². The van der Waals surface area contributed by atoms with Gasteiger partial charge in [0.2, 0.25) is 0 Å². The average Bonchev–Trinajstić information content (AvgIpc) is 2.34. The molecule has 0 aliphatic carbocycles. The molecule has 0 aliphatic rings. The van der Waals surface area contributed by atoms with Crippen LogP contribution in [-0.4, -0.2) is 29.9 Å². The molecule has 0 radical (unpaired) electrons. The first-order chi connectivity index (χ1) is 9.02. The van der Waals surface area contributed by atoms with E-state index in [0.717, 1.165) is 51.4 Å². The van der Waals surface area contributed by atoms with E-state index in [1.54, 1.807) is 0 Å². The first-order valence-electron chi connectivity index (χ1n) is 7.58. The summed E-state index contributed by atoms with van der Waals surface area (Å²) in [5.41, 5.74) is 0. The molecular formula is C14H29KO4S. The van der Waals surface area contributed by atoms with Crippen LogP contribution in [0.5, 0.6) is 0 Å². The third-order valence-corrected chi connectivity index (χ3v) is 4.74. The van der Waals surface area contributed by atoms with Crippen LogP contribution in [0.2, 0.25) is 0 Å². The van der Waals surface area contributed by atoms with Crippen molar-refractivity contribution >= 4 is 10.1 Å². The second-order valence-corrected chi connectivity index (χ2v) is 6.90. The Kier molecular flexibility index (Phi) is 18.3. The van der Waals surface area contributed by atoms with Gasteiger partial charge in [-0.25, -0.2) is 8.42 Å². The zero-order valence-corrected chi connectivity index (χ0v) is 17.1. The Balaban J connectivity index is 0. The molecule has 0 aromatic rings. The van der Waals surface area contributed by atoms with E-state index < -0.39 is 15.4 Å². The third-order valence-electron chi connectivity index (χ3n) is 3.45. The van der Waals surface area contributed by atoms with Crippen LogP contribution in [0.1, 0.15) is 77.6 Å². The topological polar surface area (TPSA) is 77.4 Å². The number of rotatable bonds is 13. The van der Waals surface area contributed by atoms with E-state index in [-0.39, 0.29) is 58.0 Å². The van der Waals surface area contributed by atoms with Crippen molar-refractivity contribution in [2.75, 3.05) is 6.61 Å². The quantitative estimate of drug-likeness (QED) is 0.297. The average molecular weight is 333 g/mol. The Morgan fingerprint density at radius 3 is 1.75 bits per heavy atom.